The largest absolute Gasteiger partial charge is 0.468 e. The zero-order chi connectivity index (χ0) is 12.0. The van der Waals surface area contributed by atoms with Crippen molar-refractivity contribution in [3.8, 4) is 0 Å². The normalized spacial score (nSPS) is 10.3. The van der Waals surface area contributed by atoms with Crippen LogP contribution in [0.2, 0.25) is 0 Å². The Kier molecular flexibility index (Phi) is 5.74. The van der Waals surface area contributed by atoms with E-state index in [9.17, 15) is 9.59 Å². The number of nitrogens with one attached hydrogen (secondary N) is 1. The molecular formula is C10H20N2O3. The van der Waals surface area contributed by atoms with Gasteiger partial charge in [0.15, 0.2) is 0 Å². The van der Waals surface area contributed by atoms with Gasteiger partial charge in [0, 0.05) is 12.1 Å². The first-order valence-electron chi connectivity index (χ1n) is 5.02. The van der Waals surface area contributed by atoms with Crippen LogP contribution in [0.3, 0.4) is 0 Å². The molecule has 2 amide bonds. The number of rotatable bonds is 4. The number of ether oxygens (including phenoxy) is 1. The highest BCUT2D eigenvalue weighted by molar-refractivity contribution is 5.81. The van der Waals surface area contributed by atoms with Crippen LogP contribution >= 0.6 is 0 Å². The number of carbonyl (C=O) groups is 2. The molecule has 88 valence electrons. The fraction of sp³-hybridized carbons (Fsp3) is 0.800. The molecule has 0 saturated heterocycles. The molecule has 0 rings (SSSR count). The maximum Gasteiger partial charge on any atom is 0.325 e. The topological polar surface area (TPSA) is 58.6 Å². The van der Waals surface area contributed by atoms with Gasteiger partial charge in [0.05, 0.1) is 7.11 Å². The predicted octanol–water partition coefficient (Wildman–Crippen LogP) is 0.988. The number of hydrogen-bond acceptors (Lipinski definition) is 3. The van der Waals surface area contributed by atoms with Crippen LogP contribution in [0.15, 0.2) is 0 Å². The Labute approximate surface area is 90.8 Å². The molecule has 0 radical (unpaired) electrons. The molecule has 0 atom stereocenters. The maximum absolute atomic E-state index is 11.7. The van der Waals surface area contributed by atoms with Crippen molar-refractivity contribution in [3.05, 3.63) is 0 Å². The lowest BCUT2D eigenvalue weighted by molar-refractivity contribution is -0.141. The summed E-state index contributed by atoms with van der Waals surface area (Å²) in [5.41, 5.74) is 0. The van der Waals surface area contributed by atoms with E-state index in [2.05, 4.69) is 10.1 Å². The second-order valence-corrected chi connectivity index (χ2v) is 3.90. The van der Waals surface area contributed by atoms with Gasteiger partial charge in [0.1, 0.15) is 6.54 Å². The minimum absolute atomic E-state index is 0.0211. The molecule has 5 heteroatoms. The molecule has 0 aliphatic carbocycles. The third-order valence-electron chi connectivity index (χ3n) is 1.82. The molecule has 0 aliphatic heterocycles. The van der Waals surface area contributed by atoms with E-state index in [1.54, 1.807) is 0 Å². The Balaban J connectivity index is 4.39. The fourth-order valence-corrected chi connectivity index (χ4v) is 1.02. The highest BCUT2D eigenvalue weighted by Gasteiger charge is 2.20. The highest BCUT2D eigenvalue weighted by atomic mass is 16.5. The van der Waals surface area contributed by atoms with Crippen molar-refractivity contribution in [1.29, 1.82) is 0 Å². The molecule has 0 heterocycles. The first-order valence-corrected chi connectivity index (χ1v) is 5.02. The second-order valence-electron chi connectivity index (χ2n) is 3.90. The lowest BCUT2D eigenvalue weighted by Gasteiger charge is -2.26. The predicted molar refractivity (Wildman–Crippen MR) is 57.5 cm³/mol. The molecule has 0 bridgehead atoms. The Morgan fingerprint density at radius 1 is 1.27 bits per heavy atom. The van der Waals surface area contributed by atoms with E-state index in [0.29, 0.717) is 0 Å². The summed E-state index contributed by atoms with van der Waals surface area (Å²) in [5.74, 6) is -0.414. The minimum Gasteiger partial charge on any atom is -0.468 e. The number of esters is 1. The Morgan fingerprint density at radius 3 is 2.13 bits per heavy atom. The second kappa shape index (κ2) is 6.27. The van der Waals surface area contributed by atoms with Gasteiger partial charge in [-0.15, -0.1) is 0 Å². The summed E-state index contributed by atoms with van der Waals surface area (Å²) in [6.45, 7) is 7.42. The third-order valence-corrected chi connectivity index (χ3v) is 1.82. The van der Waals surface area contributed by atoms with Crippen LogP contribution in [-0.4, -0.2) is 42.6 Å². The lowest BCUT2D eigenvalue weighted by atomic mass is 10.3. The lowest BCUT2D eigenvalue weighted by Crippen LogP contribution is -2.48. The SMILES string of the molecule is COC(=O)CN(C(=O)NC(C)C)C(C)C. The quantitative estimate of drug-likeness (QED) is 0.713. The van der Waals surface area contributed by atoms with Crippen LogP contribution in [0.1, 0.15) is 27.7 Å². The first-order chi connectivity index (χ1) is 6.88. The fourth-order valence-electron chi connectivity index (χ4n) is 1.02. The van der Waals surface area contributed by atoms with E-state index < -0.39 is 5.97 Å². The highest BCUT2D eigenvalue weighted by Crippen LogP contribution is 2.00. The van der Waals surface area contributed by atoms with Crippen LogP contribution in [0.5, 0.6) is 0 Å². The number of nitrogens with zero attached hydrogens (tertiary/aromatic N) is 1. The zero-order valence-corrected chi connectivity index (χ0v) is 10.0. The average Bonchev–Trinajstić information content (AvgIpc) is 2.11. The summed E-state index contributed by atoms with van der Waals surface area (Å²) in [6.07, 6.45) is 0. The monoisotopic (exact) mass is 216 g/mol. The summed E-state index contributed by atoms with van der Waals surface area (Å²) in [5, 5.41) is 2.73. The molecule has 0 fully saturated rings. The Bertz CT molecular complexity index is 227. The number of hydrogen-bond donors (Lipinski definition) is 1. The number of methoxy groups -OCH3 is 1. The summed E-state index contributed by atoms with van der Waals surface area (Å²) < 4.78 is 4.53. The van der Waals surface area contributed by atoms with Gasteiger partial charge < -0.3 is 15.0 Å². The van der Waals surface area contributed by atoms with Crippen molar-refractivity contribution in [2.75, 3.05) is 13.7 Å². The standard InChI is InChI=1S/C10H20N2O3/c1-7(2)11-10(14)12(8(3)4)6-9(13)15-5/h7-8H,6H2,1-5H3,(H,11,14). The molecule has 0 aromatic rings. The van der Waals surface area contributed by atoms with Crippen LogP contribution in [0, 0.1) is 0 Å². The molecule has 15 heavy (non-hydrogen) atoms. The summed E-state index contributed by atoms with van der Waals surface area (Å²) in [7, 11) is 1.31. The van der Waals surface area contributed by atoms with Gasteiger partial charge in [-0.25, -0.2) is 4.79 Å². The van der Waals surface area contributed by atoms with Crippen LogP contribution in [0.25, 0.3) is 0 Å². The van der Waals surface area contributed by atoms with Crippen molar-refractivity contribution >= 4 is 12.0 Å². The molecule has 0 aromatic heterocycles. The minimum atomic E-state index is -0.414. The van der Waals surface area contributed by atoms with Gasteiger partial charge >= 0.3 is 12.0 Å². The van der Waals surface area contributed by atoms with Gasteiger partial charge in [0.2, 0.25) is 0 Å². The molecule has 0 saturated carbocycles. The van der Waals surface area contributed by atoms with Crippen molar-refractivity contribution in [3.63, 3.8) is 0 Å². The van der Waals surface area contributed by atoms with Crippen LogP contribution in [-0.2, 0) is 9.53 Å². The summed E-state index contributed by atoms with van der Waals surface area (Å²) >= 11 is 0. The third kappa shape index (κ3) is 5.24. The van der Waals surface area contributed by atoms with Crippen LogP contribution in [0.4, 0.5) is 4.79 Å². The number of urea groups is 1. The Hall–Kier alpha value is -1.26. The van der Waals surface area contributed by atoms with Gasteiger partial charge in [0.25, 0.3) is 0 Å². The molecule has 0 spiro atoms. The van der Waals surface area contributed by atoms with E-state index >= 15 is 0 Å². The van der Waals surface area contributed by atoms with Crippen molar-refractivity contribution in [1.82, 2.24) is 10.2 Å². The molecule has 5 nitrogen and oxygen atoms in total. The smallest absolute Gasteiger partial charge is 0.325 e. The van der Waals surface area contributed by atoms with Gasteiger partial charge in [-0.05, 0) is 27.7 Å². The van der Waals surface area contributed by atoms with Gasteiger partial charge in [-0.3, -0.25) is 4.79 Å². The zero-order valence-electron chi connectivity index (χ0n) is 10.0. The summed E-state index contributed by atoms with van der Waals surface area (Å²) in [4.78, 5) is 24.2. The van der Waals surface area contributed by atoms with E-state index in [-0.39, 0.29) is 24.7 Å². The first kappa shape index (κ1) is 13.7. The van der Waals surface area contributed by atoms with Gasteiger partial charge in [-0.1, -0.05) is 0 Å². The molecule has 1 N–H and O–H groups in total. The van der Waals surface area contributed by atoms with E-state index in [1.165, 1.54) is 12.0 Å². The van der Waals surface area contributed by atoms with Crippen molar-refractivity contribution < 1.29 is 14.3 Å². The van der Waals surface area contributed by atoms with Crippen molar-refractivity contribution in [2.24, 2.45) is 0 Å². The number of amides is 2. The summed E-state index contributed by atoms with van der Waals surface area (Å²) in [6, 6.07) is -0.232. The van der Waals surface area contributed by atoms with Crippen LogP contribution < -0.4 is 5.32 Å². The van der Waals surface area contributed by atoms with E-state index in [0.717, 1.165) is 0 Å². The molecule has 0 aliphatic rings. The average molecular weight is 216 g/mol. The molecular weight excluding hydrogens is 196 g/mol. The molecule has 0 aromatic carbocycles. The number of carbonyl (C=O) groups excluding carboxylic acids is 2. The Morgan fingerprint density at radius 2 is 1.80 bits per heavy atom. The van der Waals surface area contributed by atoms with E-state index in [1.807, 2.05) is 27.7 Å². The van der Waals surface area contributed by atoms with E-state index in [4.69, 9.17) is 0 Å². The van der Waals surface area contributed by atoms with Crippen molar-refractivity contribution in [2.45, 2.75) is 39.8 Å². The van der Waals surface area contributed by atoms with Gasteiger partial charge in [-0.2, -0.15) is 0 Å². The maximum atomic E-state index is 11.7. The molecule has 0 unspecified atom stereocenters.